The molecule has 0 spiro atoms. The molecule has 0 unspecified atom stereocenters. The van der Waals surface area contributed by atoms with Crippen molar-refractivity contribution < 1.29 is 14.3 Å². The van der Waals surface area contributed by atoms with E-state index < -0.39 is 5.41 Å². The van der Waals surface area contributed by atoms with E-state index in [1.165, 1.54) is 0 Å². The Morgan fingerprint density at radius 2 is 1.80 bits per heavy atom. The summed E-state index contributed by atoms with van der Waals surface area (Å²) in [6.07, 6.45) is 1.43. The van der Waals surface area contributed by atoms with Crippen LogP contribution < -0.4 is 16.0 Å². The fourth-order valence-electron chi connectivity index (χ4n) is 3.16. The molecule has 2 amide bonds. The van der Waals surface area contributed by atoms with Gasteiger partial charge < -0.3 is 20.7 Å². The number of hydrogen-bond donors (Lipinski definition) is 3. The standard InChI is InChI=1S/C18H27N3O3.ClH/c1-13-5-4-6-14(2)16(13)21-15(22)11-20-17(23)18(12-24-3)7-9-19-10-8-18;/h4-6,19H,7-12H2,1-3H3,(H,20,23)(H,21,22);1H. The Kier molecular flexibility index (Phi) is 8.35. The van der Waals surface area contributed by atoms with Gasteiger partial charge in [-0.15, -0.1) is 12.4 Å². The van der Waals surface area contributed by atoms with Crippen molar-refractivity contribution in [2.24, 2.45) is 5.41 Å². The van der Waals surface area contributed by atoms with E-state index in [1.807, 2.05) is 32.0 Å². The maximum Gasteiger partial charge on any atom is 0.243 e. The number of para-hydroxylation sites is 1. The van der Waals surface area contributed by atoms with Crippen molar-refractivity contribution in [1.82, 2.24) is 10.6 Å². The van der Waals surface area contributed by atoms with Gasteiger partial charge in [0.2, 0.25) is 11.8 Å². The lowest BCUT2D eigenvalue weighted by Gasteiger charge is -2.35. The summed E-state index contributed by atoms with van der Waals surface area (Å²) in [7, 11) is 1.60. The van der Waals surface area contributed by atoms with Crippen molar-refractivity contribution in [2.75, 3.05) is 38.7 Å². The summed E-state index contributed by atoms with van der Waals surface area (Å²) in [5.74, 6) is -0.329. The van der Waals surface area contributed by atoms with E-state index in [2.05, 4.69) is 16.0 Å². The molecule has 0 aliphatic carbocycles. The first-order chi connectivity index (χ1) is 11.5. The monoisotopic (exact) mass is 369 g/mol. The van der Waals surface area contributed by atoms with E-state index in [-0.39, 0.29) is 30.8 Å². The van der Waals surface area contributed by atoms with Gasteiger partial charge in [0.05, 0.1) is 18.6 Å². The van der Waals surface area contributed by atoms with Gasteiger partial charge in [-0.2, -0.15) is 0 Å². The van der Waals surface area contributed by atoms with Crippen molar-refractivity contribution >= 4 is 29.9 Å². The summed E-state index contributed by atoms with van der Waals surface area (Å²) in [6.45, 7) is 5.80. The third-order valence-corrected chi connectivity index (χ3v) is 4.62. The van der Waals surface area contributed by atoms with Crippen LogP contribution in [-0.4, -0.2) is 45.2 Å². The molecule has 1 aliphatic heterocycles. The first-order valence-electron chi connectivity index (χ1n) is 8.32. The molecule has 140 valence electrons. The zero-order chi connectivity index (χ0) is 17.6. The first kappa shape index (κ1) is 21.4. The molecule has 1 aliphatic rings. The first-order valence-corrected chi connectivity index (χ1v) is 8.32. The van der Waals surface area contributed by atoms with Gasteiger partial charge in [0.15, 0.2) is 0 Å². The van der Waals surface area contributed by atoms with Crippen LogP contribution >= 0.6 is 12.4 Å². The number of carbonyl (C=O) groups excluding carboxylic acids is 2. The summed E-state index contributed by atoms with van der Waals surface area (Å²) < 4.78 is 5.25. The van der Waals surface area contributed by atoms with Crippen LogP contribution in [0, 0.1) is 19.3 Å². The van der Waals surface area contributed by atoms with Crippen molar-refractivity contribution in [1.29, 1.82) is 0 Å². The Hall–Kier alpha value is -1.63. The molecule has 1 heterocycles. The number of piperidine rings is 1. The van der Waals surface area contributed by atoms with Gasteiger partial charge in [-0.3, -0.25) is 9.59 Å². The van der Waals surface area contributed by atoms with Gasteiger partial charge in [-0.25, -0.2) is 0 Å². The second kappa shape index (κ2) is 9.75. The number of hydrogen-bond acceptors (Lipinski definition) is 4. The minimum absolute atomic E-state index is 0. The van der Waals surface area contributed by atoms with E-state index in [0.29, 0.717) is 19.4 Å². The molecule has 7 heteroatoms. The van der Waals surface area contributed by atoms with Crippen LogP contribution in [0.3, 0.4) is 0 Å². The number of carbonyl (C=O) groups is 2. The second-order valence-corrected chi connectivity index (χ2v) is 6.46. The molecule has 6 nitrogen and oxygen atoms in total. The van der Waals surface area contributed by atoms with Crippen molar-refractivity contribution in [3.63, 3.8) is 0 Å². The second-order valence-electron chi connectivity index (χ2n) is 6.46. The number of ether oxygens (including phenoxy) is 1. The van der Waals surface area contributed by atoms with Gasteiger partial charge >= 0.3 is 0 Å². The SMILES string of the molecule is COCC1(C(=O)NCC(=O)Nc2c(C)cccc2C)CCNCC1.Cl. The molecule has 1 aromatic carbocycles. The molecule has 0 atom stereocenters. The van der Waals surface area contributed by atoms with E-state index >= 15 is 0 Å². The van der Waals surface area contributed by atoms with Gasteiger partial charge in [0.1, 0.15) is 0 Å². The molecule has 1 saturated heterocycles. The summed E-state index contributed by atoms with van der Waals surface area (Å²) in [4.78, 5) is 24.8. The van der Waals surface area contributed by atoms with Gasteiger partial charge in [0.25, 0.3) is 0 Å². The quantitative estimate of drug-likeness (QED) is 0.714. The maximum absolute atomic E-state index is 12.6. The molecule has 0 radical (unpaired) electrons. The molecule has 2 rings (SSSR count). The van der Waals surface area contributed by atoms with Crippen LogP contribution in [-0.2, 0) is 14.3 Å². The summed E-state index contributed by atoms with van der Waals surface area (Å²) in [5, 5.41) is 8.91. The third kappa shape index (κ3) is 5.42. The molecule has 0 saturated carbocycles. The predicted octanol–water partition coefficient (Wildman–Crippen LogP) is 1.80. The molecule has 3 N–H and O–H groups in total. The Morgan fingerprint density at radius 1 is 1.20 bits per heavy atom. The number of benzene rings is 1. The van der Waals surface area contributed by atoms with Crippen LogP contribution in [0.4, 0.5) is 5.69 Å². The van der Waals surface area contributed by atoms with Crippen LogP contribution in [0.25, 0.3) is 0 Å². The van der Waals surface area contributed by atoms with E-state index in [9.17, 15) is 9.59 Å². The van der Waals surface area contributed by atoms with Gasteiger partial charge in [0, 0.05) is 12.8 Å². The number of halogens is 1. The number of methoxy groups -OCH3 is 1. The van der Waals surface area contributed by atoms with Crippen LogP contribution in [0.15, 0.2) is 18.2 Å². The van der Waals surface area contributed by atoms with E-state index in [4.69, 9.17) is 4.74 Å². The molecular weight excluding hydrogens is 342 g/mol. The Balaban J connectivity index is 0.00000312. The number of rotatable bonds is 6. The Labute approximate surface area is 155 Å². The largest absolute Gasteiger partial charge is 0.384 e. The fraction of sp³-hybridized carbons (Fsp3) is 0.556. The van der Waals surface area contributed by atoms with Crippen LogP contribution in [0.5, 0.6) is 0 Å². The predicted molar refractivity (Wildman–Crippen MR) is 101 cm³/mol. The average Bonchev–Trinajstić information content (AvgIpc) is 2.57. The maximum atomic E-state index is 12.6. The average molecular weight is 370 g/mol. The van der Waals surface area contributed by atoms with E-state index in [0.717, 1.165) is 29.9 Å². The van der Waals surface area contributed by atoms with Crippen molar-refractivity contribution in [3.8, 4) is 0 Å². The highest BCUT2D eigenvalue weighted by atomic mass is 35.5. The Bertz CT molecular complexity index is 575. The molecule has 1 fully saturated rings. The van der Waals surface area contributed by atoms with E-state index in [1.54, 1.807) is 7.11 Å². The highest BCUT2D eigenvalue weighted by Gasteiger charge is 2.39. The lowest BCUT2D eigenvalue weighted by Crippen LogP contribution is -2.51. The fourth-order valence-corrected chi connectivity index (χ4v) is 3.16. The third-order valence-electron chi connectivity index (χ3n) is 4.62. The lowest BCUT2D eigenvalue weighted by atomic mass is 9.78. The van der Waals surface area contributed by atoms with Crippen LogP contribution in [0.2, 0.25) is 0 Å². The molecular formula is C18H28ClN3O3. The summed E-state index contributed by atoms with van der Waals surface area (Å²) >= 11 is 0. The zero-order valence-corrected chi connectivity index (χ0v) is 15.9. The zero-order valence-electron chi connectivity index (χ0n) is 15.1. The van der Waals surface area contributed by atoms with Gasteiger partial charge in [-0.05, 0) is 50.9 Å². The van der Waals surface area contributed by atoms with Gasteiger partial charge in [-0.1, -0.05) is 18.2 Å². The summed E-state index contributed by atoms with van der Waals surface area (Å²) in [5.41, 5.74) is 2.27. The minimum atomic E-state index is -0.543. The number of nitrogens with one attached hydrogen (secondary N) is 3. The molecule has 0 bridgehead atoms. The smallest absolute Gasteiger partial charge is 0.243 e. The highest BCUT2D eigenvalue weighted by molar-refractivity contribution is 5.96. The Morgan fingerprint density at radius 3 is 2.36 bits per heavy atom. The number of aryl methyl sites for hydroxylation is 2. The minimum Gasteiger partial charge on any atom is -0.384 e. The number of anilines is 1. The summed E-state index contributed by atoms with van der Waals surface area (Å²) in [6, 6.07) is 5.85. The van der Waals surface area contributed by atoms with Crippen LogP contribution in [0.1, 0.15) is 24.0 Å². The molecule has 1 aromatic rings. The molecule has 0 aromatic heterocycles. The topological polar surface area (TPSA) is 79.5 Å². The number of amides is 2. The molecule has 25 heavy (non-hydrogen) atoms. The normalized spacial score (nSPS) is 15.8. The van der Waals surface area contributed by atoms with Crippen molar-refractivity contribution in [2.45, 2.75) is 26.7 Å². The van der Waals surface area contributed by atoms with Crippen molar-refractivity contribution in [3.05, 3.63) is 29.3 Å². The highest BCUT2D eigenvalue weighted by Crippen LogP contribution is 2.29. The lowest BCUT2D eigenvalue weighted by molar-refractivity contribution is -0.137.